The summed E-state index contributed by atoms with van der Waals surface area (Å²) in [5, 5.41) is 10.6. The highest BCUT2D eigenvalue weighted by molar-refractivity contribution is 7.47. The van der Waals surface area contributed by atoms with Crippen LogP contribution in [0.3, 0.4) is 0 Å². The average Bonchev–Trinajstić information content (AvgIpc) is 0.911. The maximum Gasteiger partial charge on any atom is 0.472 e. The molecule has 0 aliphatic rings. The van der Waals surface area contributed by atoms with E-state index in [-0.39, 0.29) is 25.7 Å². The highest BCUT2D eigenvalue weighted by Crippen LogP contribution is 2.45. The molecular weight excluding hydrogens is 1350 g/mol. The number of hydrogen-bond donors (Lipinski definition) is 3. The minimum absolute atomic E-state index is 0.00415. The zero-order valence-corrected chi connectivity index (χ0v) is 66.7. The first-order valence-electron chi connectivity index (χ1n) is 40.1. The fraction of sp³-hybridized carbons (Fsp3) is 0.671. The van der Waals surface area contributed by atoms with Crippen molar-refractivity contribution in [2.75, 3.05) is 39.6 Å². The van der Waals surface area contributed by atoms with Crippen LogP contribution in [0.15, 0.2) is 146 Å². The van der Waals surface area contributed by atoms with Gasteiger partial charge in [0.25, 0.3) is 0 Å². The minimum Gasteiger partial charge on any atom is -0.462 e. The molecule has 0 saturated carbocycles. The number of rotatable bonds is 74. The molecule has 0 aromatic carbocycles. The fourth-order valence-electron chi connectivity index (χ4n) is 10.2. The molecule has 0 saturated heterocycles. The minimum atomic E-state index is -5.01. The molecular formula is C85H142O17P2. The Balaban J connectivity index is 5.46. The molecule has 0 heterocycles. The van der Waals surface area contributed by atoms with Gasteiger partial charge in [-0.1, -0.05) is 270 Å². The van der Waals surface area contributed by atoms with Crippen LogP contribution in [0, 0.1) is 0 Å². The number of phosphoric ester groups is 2. The van der Waals surface area contributed by atoms with Gasteiger partial charge in [0.05, 0.1) is 26.4 Å². The average molecular weight is 1500 g/mol. The topological polar surface area (TPSA) is 237 Å². The van der Waals surface area contributed by atoms with E-state index in [1.165, 1.54) is 64.2 Å². The van der Waals surface area contributed by atoms with Crippen molar-refractivity contribution in [2.45, 2.75) is 329 Å². The Bertz CT molecular complexity index is 2540. The lowest BCUT2D eigenvalue weighted by molar-refractivity contribution is -0.161. The van der Waals surface area contributed by atoms with Crippen LogP contribution in [0.4, 0.5) is 0 Å². The van der Waals surface area contributed by atoms with Crippen molar-refractivity contribution in [3.63, 3.8) is 0 Å². The number of phosphoric acid groups is 2. The third kappa shape index (κ3) is 75.2. The number of hydrogen-bond acceptors (Lipinski definition) is 15. The number of carbonyl (C=O) groups excluding carboxylic acids is 4. The molecule has 17 nitrogen and oxygen atoms in total. The number of allylic oxidation sites excluding steroid dienone is 24. The zero-order chi connectivity index (χ0) is 76.0. The first-order valence-corrected chi connectivity index (χ1v) is 43.1. The second-order valence-corrected chi connectivity index (χ2v) is 29.1. The normalized spacial score (nSPS) is 14.6. The van der Waals surface area contributed by atoms with E-state index < -0.39 is 97.5 Å². The molecule has 0 rings (SSSR count). The summed E-state index contributed by atoms with van der Waals surface area (Å²) in [6, 6.07) is 0. The van der Waals surface area contributed by atoms with E-state index in [2.05, 4.69) is 161 Å². The van der Waals surface area contributed by atoms with Crippen LogP contribution in [-0.2, 0) is 65.4 Å². The van der Waals surface area contributed by atoms with Crippen molar-refractivity contribution in [3.8, 4) is 0 Å². The molecule has 0 bridgehead atoms. The first-order chi connectivity index (χ1) is 50.7. The molecule has 0 aromatic rings. The predicted octanol–water partition coefficient (Wildman–Crippen LogP) is 23.4. The molecule has 0 radical (unpaired) electrons. The van der Waals surface area contributed by atoms with Gasteiger partial charge in [0, 0.05) is 25.7 Å². The Morgan fingerprint density at radius 3 is 0.837 bits per heavy atom. The van der Waals surface area contributed by atoms with Gasteiger partial charge in [0.2, 0.25) is 0 Å². The molecule has 0 fully saturated rings. The Hall–Kier alpha value is -5.06. The van der Waals surface area contributed by atoms with Crippen LogP contribution < -0.4 is 0 Å². The summed E-state index contributed by atoms with van der Waals surface area (Å²) in [4.78, 5) is 73.0. The second-order valence-electron chi connectivity index (χ2n) is 26.2. The molecule has 5 unspecified atom stereocenters. The van der Waals surface area contributed by atoms with Crippen molar-refractivity contribution in [1.82, 2.24) is 0 Å². The van der Waals surface area contributed by atoms with Gasteiger partial charge >= 0.3 is 39.5 Å². The van der Waals surface area contributed by atoms with Crippen molar-refractivity contribution in [1.29, 1.82) is 0 Å². The molecule has 3 N–H and O–H groups in total. The molecule has 5 atom stereocenters. The van der Waals surface area contributed by atoms with Gasteiger partial charge in [0.1, 0.15) is 19.3 Å². The van der Waals surface area contributed by atoms with Gasteiger partial charge < -0.3 is 33.8 Å². The monoisotopic (exact) mass is 1500 g/mol. The molecule has 0 spiro atoms. The smallest absolute Gasteiger partial charge is 0.462 e. The highest BCUT2D eigenvalue weighted by atomic mass is 31.2. The lowest BCUT2D eigenvalue weighted by atomic mass is 10.1. The van der Waals surface area contributed by atoms with Gasteiger partial charge in [-0.3, -0.25) is 37.3 Å². The number of aliphatic hydroxyl groups excluding tert-OH is 1. The van der Waals surface area contributed by atoms with E-state index in [9.17, 15) is 43.2 Å². The Morgan fingerprint density at radius 1 is 0.279 bits per heavy atom. The molecule has 594 valence electrons. The number of esters is 4. The van der Waals surface area contributed by atoms with Crippen molar-refractivity contribution in [2.24, 2.45) is 0 Å². The van der Waals surface area contributed by atoms with Gasteiger partial charge in [-0.25, -0.2) is 9.13 Å². The van der Waals surface area contributed by atoms with E-state index in [0.717, 1.165) is 161 Å². The Labute approximate surface area is 630 Å². The largest absolute Gasteiger partial charge is 0.472 e. The van der Waals surface area contributed by atoms with Crippen LogP contribution in [0.25, 0.3) is 0 Å². The molecule has 0 amide bonds. The lowest BCUT2D eigenvalue weighted by Gasteiger charge is -2.21. The SMILES string of the molecule is CC/C=C\C/C=C\C/C=C\C/C=C\C/C=C\CCCCCC(=O)OCC(COP(=O)(O)OCC(O)COP(=O)(O)OCC(COC(=O)CCCCCCC/C=C\CCCCCCCC)OC(=O)CCCCCCC/C=C\CCCCCC)OC(=O)CCC/C=C\C/C=C\C/C=C\C/C=C\C/C=C\CC. The number of aliphatic hydroxyl groups is 1. The predicted molar refractivity (Wildman–Crippen MR) is 427 cm³/mol. The van der Waals surface area contributed by atoms with E-state index in [1.807, 2.05) is 12.2 Å². The van der Waals surface area contributed by atoms with Gasteiger partial charge in [-0.2, -0.15) is 0 Å². The van der Waals surface area contributed by atoms with E-state index >= 15 is 0 Å². The summed E-state index contributed by atoms with van der Waals surface area (Å²) in [6.45, 7) is 4.51. The molecule has 0 aliphatic carbocycles. The van der Waals surface area contributed by atoms with Crippen LogP contribution in [0.5, 0.6) is 0 Å². The summed E-state index contributed by atoms with van der Waals surface area (Å²) < 4.78 is 68.5. The highest BCUT2D eigenvalue weighted by Gasteiger charge is 2.30. The Kier molecular flexibility index (Phi) is 72.4. The van der Waals surface area contributed by atoms with E-state index in [0.29, 0.717) is 32.1 Å². The van der Waals surface area contributed by atoms with Crippen LogP contribution in [0.1, 0.15) is 310 Å². The van der Waals surface area contributed by atoms with E-state index in [4.69, 9.17) is 37.0 Å². The van der Waals surface area contributed by atoms with Crippen molar-refractivity contribution < 1.29 is 80.2 Å². The third-order valence-corrected chi connectivity index (χ3v) is 18.2. The van der Waals surface area contributed by atoms with Gasteiger partial charge in [0.15, 0.2) is 12.2 Å². The number of carbonyl (C=O) groups is 4. The molecule has 104 heavy (non-hydrogen) atoms. The summed E-state index contributed by atoms with van der Waals surface area (Å²) in [7, 11) is -10.00. The van der Waals surface area contributed by atoms with Crippen LogP contribution in [-0.4, -0.2) is 96.7 Å². The fourth-order valence-corrected chi connectivity index (χ4v) is 11.8. The van der Waals surface area contributed by atoms with Gasteiger partial charge in [-0.05, 0) is 161 Å². The zero-order valence-electron chi connectivity index (χ0n) is 64.9. The second kappa shape index (κ2) is 76.1. The molecule has 0 aromatic heterocycles. The maximum absolute atomic E-state index is 13.1. The molecule has 19 heteroatoms. The van der Waals surface area contributed by atoms with E-state index in [1.54, 1.807) is 0 Å². The first kappa shape index (κ1) is 98.9. The number of ether oxygens (including phenoxy) is 4. The summed E-state index contributed by atoms with van der Waals surface area (Å²) >= 11 is 0. The maximum atomic E-state index is 13.1. The van der Waals surface area contributed by atoms with Crippen molar-refractivity contribution >= 4 is 39.5 Å². The summed E-state index contributed by atoms with van der Waals surface area (Å²) in [5.41, 5.74) is 0. The third-order valence-electron chi connectivity index (χ3n) is 16.3. The van der Waals surface area contributed by atoms with Crippen LogP contribution in [0.2, 0.25) is 0 Å². The summed E-state index contributed by atoms with van der Waals surface area (Å²) in [5.74, 6) is -2.30. The summed E-state index contributed by atoms with van der Waals surface area (Å²) in [6.07, 6.45) is 86.9. The van der Waals surface area contributed by atoms with Crippen molar-refractivity contribution in [3.05, 3.63) is 146 Å². The van der Waals surface area contributed by atoms with Crippen LogP contribution >= 0.6 is 15.6 Å². The van der Waals surface area contributed by atoms with Gasteiger partial charge in [-0.15, -0.1) is 0 Å². The Morgan fingerprint density at radius 2 is 0.510 bits per heavy atom. The quantitative estimate of drug-likeness (QED) is 0.0169. The standard InChI is InChI=1S/C85H142O17P2/c1-5-9-13-17-21-25-29-33-36-38-39-41-43-47-50-54-58-62-66-70-83(88)96-76-81(102-85(90)72-68-64-60-56-52-48-44-40-37-34-30-26-22-18-14-10-6-2)78-100-104(93,94)98-74-79(86)73-97-103(91,92)99-77-80(101-84(89)71-67-63-59-55-51-45-32-28-24-20-16-12-8-4)75-95-82(87)69-65-61-57-53-49-46-42-35-31-27-23-19-15-11-7-3/h9-10,13-14,21-22,25-26,28,32-37,39,41-42,44,47-48,50,56,60,79-81,86H,5-8,11-12,15-20,23-24,27,29-31,38,40,43,45-46,49,51-55,57-59,61-78H2,1-4H3,(H,91,92)(H,93,94)/b13-9-,14-10-,25-21-,26-22-,32-28-,36-33-,37-34-,41-39-,42-35-,48-44-,50-47-,60-56-. The lowest BCUT2D eigenvalue weighted by Crippen LogP contribution is -2.30. The number of unbranched alkanes of at least 4 members (excludes halogenated alkanes) is 24. The molecule has 0 aliphatic heterocycles.